The second-order valence-corrected chi connectivity index (χ2v) is 3.04. The molecule has 70 valence electrons. The fraction of sp³-hybridized carbons (Fsp3) is 0.500. The molecule has 3 nitrogen and oxygen atoms in total. The first kappa shape index (κ1) is 9.82. The first-order valence-corrected chi connectivity index (χ1v) is 4.36. The van der Waals surface area contributed by atoms with Gasteiger partial charge in [0, 0.05) is 31.6 Å². The third-order valence-corrected chi connectivity index (χ3v) is 2.10. The van der Waals surface area contributed by atoms with E-state index in [1.54, 1.807) is 0 Å². The van der Waals surface area contributed by atoms with Gasteiger partial charge in [-0.3, -0.25) is 4.79 Å². The molecule has 0 aromatic rings. The zero-order chi connectivity index (χ0) is 9.68. The Bertz CT molecular complexity index is 267. The van der Waals surface area contributed by atoms with Crippen molar-refractivity contribution in [2.24, 2.45) is 0 Å². The third kappa shape index (κ3) is 2.60. The van der Waals surface area contributed by atoms with Gasteiger partial charge < -0.3 is 10.6 Å². The van der Waals surface area contributed by atoms with Crippen LogP contribution in [0.3, 0.4) is 0 Å². The van der Waals surface area contributed by atoms with Crippen molar-refractivity contribution in [1.82, 2.24) is 10.6 Å². The Morgan fingerprint density at radius 2 is 2.38 bits per heavy atom. The van der Waals surface area contributed by atoms with Crippen LogP contribution < -0.4 is 10.6 Å². The standard InChI is InChI=1S/C10H14N2O/c1-3-4-5-12-10(13)8(2)9-6-11-7-9/h1,11H,4-7H2,2H3,(H,12,13). The lowest BCUT2D eigenvalue weighted by atomic mass is 10.0. The minimum Gasteiger partial charge on any atom is -0.351 e. The molecule has 1 aliphatic rings. The Morgan fingerprint density at radius 1 is 1.69 bits per heavy atom. The lowest BCUT2D eigenvalue weighted by molar-refractivity contribution is -0.117. The highest BCUT2D eigenvalue weighted by molar-refractivity contribution is 5.93. The molecule has 1 fully saturated rings. The van der Waals surface area contributed by atoms with E-state index in [2.05, 4.69) is 16.6 Å². The fourth-order valence-corrected chi connectivity index (χ4v) is 1.06. The number of terminal acetylenes is 1. The number of hydrogen-bond acceptors (Lipinski definition) is 2. The number of rotatable bonds is 3. The van der Waals surface area contributed by atoms with E-state index in [-0.39, 0.29) is 5.91 Å². The summed E-state index contributed by atoms with van der Waals surface area (Å²) in [5.41, 5.74) is 2.02. The summed E-state index contributed by atoms with van der Waals surface area (Å²) in [4.78, 5) is 11.4. The molecule has 2 N–H and O–H groups in total. The van der Waals surface area contributed by atoms with Gasteiger partial charge in [-0.2, -0.15) is 0 Å². The predicted molar refractivity (Wildman–Crippen MR) is 52.0 cm³/mol. The zero-order valence-electron chi connectivity index (χ0n) is 7.81. The summed E-state index contributed by atoms with van der Waals surface area (Å²) in [6.45, 7) is 4.09. The lowest BCUT2D eigenvalue weighted by Gasteiger charge is -2.21. The Balaban J connectivity index is 2.35. The Kier molecular flexibility index (Phi) is 3.53. The van der Waals surface area contributed by atoms with Crippen molar-refractivity contribution >= 4 is 5.91 Å². The second-order valence-electron chi connectivity index (χ2n) is 3.04. The van der Waals surface area contributed by atoms with Crippen LogP contribution in [0.15, 0.2) is 11.1 Å². The van der Waals surface area contributed by atoms with Crippen molar-refractivity contribution < 1.29 is 4.79 Å². The van der Waals surface area contributed by atoms with Crippen molar-refractivity contribution in [2.45, 2.75) is 13.3 Å². The van der Waals surface area contributed by atoms with Crippen LogP contribution in [-0.4, -0.2) is 25.5 Å². The minimum absolute atomic E-state index is 0.00625. The highest BCUT2D eigenvalue weighted by Gasteiger charge is 2.14. The number of amides is 1. The number of nitrogens with one attached hydrogen (secondary N) is 2. The molecular formula is C10H14N2O. The summed E-state index contributed by atoms with van der Waals surface area (Å²) in [7, 11) is 0. The molecule has 0 unspecified atom stereocenters. The summed E-state index contributed by atoms with van der Waals surface area (Å²) in [6, 6.07) is 0. The number of hydrogen-bond donors (Lipinski definition) is 2. The maximum absolute atomic E-state index is 11.4. The monoisotopic (exact) mass is 178 g/mol. The van der Waals surface area contributed by atoms with E-state index in [1.165, 1.54) is 5.57 Å². The van der Waals surface area contributed by atoms with E-state index < -0.39 is 0 Å². The first-order valence-electron chi connectivity index (χ1n) is 4.36. The largest absolute Gasteiger partial charge is 0.351 e. The van der Waals surface area contributed by atoms with Crippen LogP contribution in [0.2, 0.25) is 0 Å². The molecule has 0 aromatic heterocycles. The average Bonchev–Trinajstić information content (AvgIpc) is 2.01. The van der Waals surface area contributed by atoms with Gasteiger partial charge in [0.05, 0.1) is 0 Å². The first-order chi connectivity index (χ1) is 6.25. The molecule has 0 saturated carbocycles. The maximum atomic E-state index is 11.4. The Morgan fingerprint density at radius 3 is 2.85 bits per heavy atom. The third-order valence-electron chi connectivity index (χ3n) is 2.10. The highest BCUT2D eigenvalue weighted by atomic mass is 16.1. The van der Waals surface area contributed by atoms with Crippen LogP contribution in [0, 0.1) is 12.3 Å². The van der Waals surface area contributed by atoms with Crippen molar-refractivity contribution in [3.63, 3.8) is 0 Å². The van der Waals surface area contributed by atoms with Crippen LogP contribution >= 0.6 is 0 Å². The van der Waals surface area contributed by atoms with Gasteiger partial charge in [-0.25, -0.2) is 0 Å². The van der Waals surface area contributed by atoms with E-state index in [4.69, 9.17) is 6.42 Å². The zero-order valence-corrected chi connectivity index (χ0v) is 7.81. The SMILES string of the molecule is C#CCCNC(=O)C(C)=C1CNC1. The summed E-state index contributed by atoms with van der Waals surface area (Å²) >= 11 is 0. The molecule has 0 bridgehead atoms. The van der Waals surface area contributed by atoms with Crippen molar-refractivity contribution in [3.8, 4) is 12.3 Å². The molecule has 0 atom stereocenters. The molecule has 3 heteroatoms. The van der Waals surface area contributed by atoms with Gasteiger partial charge >= 0.3 is 0 Å². The quantitative estimate of drug-likeness (QED) is 0.364. The molecular weight excluding hydrogens is 164 g/mol. The van der Waals surface area contributed by atoms with E-state index in [1.807, 2.05) is 6.92 Å². The van der Waals surface area contributed by atoms with Crippen LogP contribution in [0.25, 0.3) is 0 Å². The molecule has 1 aliphatic heterocycles. The van der Waals surface area contributed by atoms with E-state index in [0.29, 0.717) is 13.0 Å². The Hall–Kier alpha value is -1.27. The minimum atomic E-state index is 0.00625. The maximum Gasteiger partial charge on any atom is 0.246 e. The molecule has 0 spiro atoms. The van der Waals surface area contributed by atoms with Gasteiger partial charge in [-0.15, -0.1) is 12.3 Å². The van der Waals surface area contributed by atoms with Crippen LogP contribution in [-0.2, 0) is 4.79 Å². The van der Waals surface area contributed by atoms with E-state index >= 15 is 0 Å². The summed E-state index contributed by atoms with van der Waals surface area (Å²) in [6.07, 6.45) is 5.65. The molecule has 13 heavy (non-hydrogen) atoms. The van der Waals surface area contributed by atoms with E-state index in [9.17, 15) is 4.79 Å². The molecule has 1 rings (SSSR count). The van der Waals surface area contributed by atoms with Crippen molar-refractivity contribution in [2.75, 3.05) is 19.6 Å². The van der Waals surface area contributed by atoms with E-state index in [0.717, 1.165) is 18.7 Å². The van der Waals surface area contributed by atoms with Gasteiger partial charge in [-0.1, -0.05) is 0 Å². The van der Waals surface area contributed by atoms with Gasteiger partial charge in [0.2, 0.25) is 5.91 Å². The Labute approximate surface area is 78.6 Å². The fourth-order valence-electron chi connectivity index (χ4n) is 1.06. The van der Waals surface area contributed by atoms with Gasteiger partial charge in [0.15, 0.2) is 0 Å². The topological polar surface area (TPSA) is 41.1 Å². The molecule has 0 aromatic carbocycles. The number of carbonyl (C=O) groups excluding carboxylic acids is 1. The second kappa shape index (κ2) is 4.68. The molecule has 0 aliphatic carbocycles. The summed E-state index contributed by atoms with van der Waals surface area (Å²) < 4.78 is 0. The molecule has 1 heterocycles. The summed E-state index contributed by atoms with van der Waals surface area (Å²) in [5, 5.41) is 5.86. The van der Waals surface area contributed by atoms with Crippen molar-refractivity contribution in [3.05, 3.63) is 11.1 Å². The van der Waals surface area contributed by atoms with Crippen molar-refractivity contribution in [1.29, 1.82) is 0 Å². The molecule has 1 amide bonds. The predicted octanol–water partition coefficient (Wildman–Crippen LogP) is 0.0456. The molecule has 1 saturated heterocycles. The van der Waals surface area contributed by atoms with Crippen LogP contribution in [0.5, 0.6) is 0 Å². The van der Waals surface area contributed by atoms with Gasteiger partial charge in [0.25, 0.3) is 0 Å². The molecule has 0 radical (unpaired) electrons. The van der Waals surface area contributed by atoms with Crippen LogP contribution in [0.1, 0.15) is 13.3 Å². The number of carbonyl (C=O) groups is 1. The highest BCUT2D eigenvalue weighted by Crippen LogP contribution is 2.08. The van der Waals surface area contributed by atoms with Gasteiger partial charge in [0.1, 0.15) is 0 Å². The summed E-state index contributed by atoms with van der Waals surface area (Å²) in [5.74, 6) is 2.48. The average molecular weight is 178 g/mol. The van der Waals surface area contributed by atoms with Gasteiger partial charge in [-0.05, 0) is 12.5 Å². The van der Waals surface area contributed by atoms with Crippen LogP contribution in [0.4, 0.5) is 0 Å². The lowest BCUT2D eigenvalue weighted by Crippen LogP contribution is -2.37. The normalized spacial score (nSPS) is 14.3. The smallest absolute Gasteiger partial charge is 0.246 e.